The highest BCUT2D eigenvalue weighted by molar-refractivity contribution is 5.94. The molecule has 0 radical (unpaired) electrons. The molecule has 0 saturated carbocycles. The number of benzene rings is 2. The topological polar surface area (TPSA) is 60.0 Å². The molecule has 3 unspecified atom stereocenters. The summed E-state index contributed by atoms with van der Waals surface area (Å²) in [5, 5.41) is 3.16. The van der Waals surface area contributed by atoms with Crippen molar-refractivity contribution in [2.45, 2.75) is 37.8 Å². The lowest BCUT2D eigenvalue weighted by molar-refractivity contribution is 0.0679. The van der Waals surface area contributed by atoms with Gasteiger partial charge in [0.25, 0.3) is 5.91 Å². The number of hydrogen-bond acceptors (Lipinski definition) is 5. The van der Waals surface area contributed by atoms with E-state index in [4.69, 9.17) is 14.2 Å². The fourth-order valence-electron chi connectivity index (χ4n) is 4.79. The van der Waals surface area contributed by atoms with Gasteiger partial charge in [-0.15, -0.1) is 0 Å². The van der Waals surface area contributed by atoms with Crippen LogP contribution in [-0.4, -0.2) is 57.4 Å². The highest BCUT2D eigenvalue weighted by atomic mass is 16.5. The minimum Gasteiger partial charge on any atom is -0.497 e. The number of hydrogen-bond donors (Lipinski definition) is 1. The first-order chi connectivity index (χ1) is 15.6. The molecule has 32 heavy (non-hydrogen) atoms. The van der Waals surface area contributed by atoms with Crippen LogP contribution in [-0.2, 0) is 4.74 Å². The van der Waals surface area contributed by atoms with Crippen molar-refractivity contribution in [3.05, 3.63) is 59.7 Å². The van der Waals surface area contributed by atoms with Gasteiger partial charge >= 0.3 is 0 Å². The van der Waals surface area contributed by atoms with Crippen LogP contribution < -0.4 is 14.8 Å². The molecule has 2 aliphatic heterocycles. The smallest absolute Gasteiger partial charge is 0.251 e. The van der Waals surface area contributed by atoms with E-state index in [2.05, 4.69) is 29.4 Å². The number of nitrogens with zero attached hydrogens (tertiary/aromatic N) is 1. The lowest BCUT2D eigenvalue weighted by Gasteiger charge is -2.39. The fraction of sp³-hybridized carbons (Fsp3) is 0.500. The molecule has 0 aliphatic carbocycles. The number of piperidine rings is 1. The van der Waals surface area contributed by atoms with Crippen LogP contribution in [0, 0.1) is 5.92 Å². The average Bonchev–Trinajstić information content (AvgIpc) is 3.35. The van der Waals surface area contributed by atoms with E-state index in [1.165, 1.54) is 5.56 Å². The molecular weight excluding hydrogens is 404 g/mol. The summed E-state index contributed by atoms with van der Waals surface area (Å²) in [6, 6.07) is 15.9. The van der Waals surface area contributed by atoms with Gasteiger partial charge in [0, 0.05) is 24.8 Å². The molecule has 2 aromatic carbocycles. The van der Waals surface area contributed by atoms with E-state index in [9.17, 15) is 4.79 Å². The molecule has 4 rings (SSSR count). The monoisotopic (exact) mass is 438 g/mol. The van der Waals surface area contributed by atoms with Crippen LogP contribution in [0.15, 0.2) is 48.5 Å². The number of rotatable bonds is 8. The molecule has 2 fully saturated rings. The number of ether oxygens (including phenoxy) is 3. The summed E-state index contributed by atoms with van der Waals surface area (Å²) >= 11 is 0. The quantitative estimate of drug-likeness (QED) is 0.673. The number of methoxy groups -OCH3 is 1. The molecule has 1 N–H and O–H groups in total. The molecule has 172 valence electrons. The van der Waals surface area contributed by atoms with Gasteiger partial charge in [-0.05, 0) is 87.2 Å². The lowest BCUT2D eigenvalue weighted by Crippen LogP contribution is -2.41. The molecule has 2 aliphatic rings. The lowest BCUT2D eigenvalue weighted by atomic mass is 9.85. The first-order valence-electron chi connectivity index (χ1n) is 11.6. The molecule has 2 heterocycles. The van der Waals surface area contributed by atoms with E-state index in [0.29, 0.717) is 24.6 Å². The summed E-state index contributed by atoms with van der Waals surface area (Å²) in [5.41, 5.74) is 1.92. The third kappa shape index (κ3) is 5.61. The molecule has 0 spiro atoms. The van der Waals surface area contributed by atoms with Gasteiger partial charge in [-0.2, -0.15) is 0 Å². The Labute approximate surface area is 190 Å². The summed E-state index contributed by atoms with van der Waals surface area (Å²) in [6.45, 7) is 3.10. The van der Waals surface area contributed by atoms with Gasteiger partial charge in [0.1, 0.15) is 18.1 Å². The molecule has 3 atom stereocenters. The summed E-state index contributed by atoms with van der Waals surface area (Å²) in [7, 11) is 3.85. The highest BCUT2D eigenvalue weighted by Gasteiger charge is 2.30. The molecule has 0 bridgehead atoms. The van der Waals surface area contributed by atoms with Crippen molar-refractivity contribution in [3.63, 3.8) is 0 Å². The Morgan fingerprint density at radius 2 is 1.81 bits per heavy atom. The number of nitrogens with one attached hydrogen (secondary N) is 1. The number of amides is 1. The third-order valence-electron chi connectivity index (χ3n) is 6.57. The highest BCUT2D eigenvalue weighted by Crippen LogP contribution is 2.35. The maximum absolute atomic E-state index is 12.8. The Kier molecular flexibility index (Phi) is 7.66. The Balaban J connectivity index is 1.33. The summed E-state index contributed by atoms with van der Waals surface area (Å²) in [4.78, 5) is 15.2. The molecular formula is C26H34N2O4. The Morgan fingerprint density at radius 3 is 2.50 bits per heavy atom. The molecule has 2 saturated heterocycles. The Bertz CT molecular complexity index is 862. The van der Waals surface area contributed by atoms with Crippen molar-refractivity contribution in [1.29, 1.82) is 0 Å². The Hall–Kier alpha value is -2.57. The van der Waals surface area contributed by atoms with Gasteiger partial charge in [-0.25, -0.2) is 0 Å². The van der Waals surface area contributed by atoms with E-state index in [1.807, 2.05) is 36.4 Å². The van der Waals surface area contributed by atoms with Crippen molar-refractivity contribution in [2.24, 2.45) is 5.92 Å². The summed E-state index contributed by atoms with van der Waals surface area (Å²) in [5.74, 6) is 1.95. The predicted molar refractivity (Wildman–Crippen MR) is 124 cm³/mol. The summed E-state index contributed by atoms with van der Waals surface area (Å²) < 4.78 is 16.7. The van der Waals surface area contributed by atoms with Gasteiger partial charge in [-0.1, -0.05) is 12.1 Å². The van der Waals surface area contributed by atoms with Crippen LogP contribution in [0.5, 0.6) is 11.5 Å². The van der Waals surface area contributed by atoms with E-state index in [-0.39, 0.29) is 18.1 Å². The van der Waals surface area contributed by atoms with Crippen molar-refractivity contribution >= 4 is 5.91 Å². The molecule has 6 nitrogen and oxygen atoms in total. The van der Waals surface area contributed by atoms with Gasteiger partial charge < -0.3 is 19.5 Å². The molecule has 0 aromatic heterocycles. The molecule has 6 heteroatoms. The van der Waals surface area contributed by atoms with E-state index in [1.54, 1.807) is 7.11 Å². The zero-order valence-electron chi connectivity index (χ0n) is 19.1. The SMILES string of the molecule is COc1ccc(C2C(CNC(=O)c3ccc(OCC4CCCO4)cc3)CCCN2C)cc1. The van der Waals surface area contributed by atoms with Crippen LogP contribution in [0.1, 0.15) is 47.6 Å². The first kappa shape index (κ1) is 22.6. The Morgan fingerprint density at radius 1 is 1.06 bits per heavy atom. The van der Waals surface area contributed by atoms with Gasteiger partial charge in [0.15, 0.2) is 0 Å². The van der Waals surface area contributed by atoms with E-state index in [0.717, 1.165) is 50.3 Å². The van der Waals surface area contributed by atoms with E-state index < -0.39 is 0 Å². The average molecular weight is 439 g/mol. The number of carbonyl (C=O) groups is 1. The largest absolute Gasteiger partial charge is 0.497 e. The maximum atomic E-state index is 12.8. The summed E-state index contributed by atoms with van der Waals surface area (Å²) in [6.07, 6.45) is 4.57. The minimum atomic E-state index is -0.0441. The van der Waals surface area contributed by atoms with Crippen molar-refractivity contribution < 1.29 is 19.0 Å². The molecule has 1 amide bonds. The van der Waals surface area contributed by atoms with Crippen molar-refractivity contribution in [2.75, 3.05) is 40.5 Å². The van der Waals surface area contributed by atoms with E-state index >= 15 is 0 Å². The van der Waals surface area contributed by atoms with Crippen LogP contribution in [0.4, 0.5) is 0 Å². The minimum absolute atomic E-state index is 0.0441. The second-order valence-electron chi connectivity index (χ2n) is 8.78. The standard InChI is InChI=1S/C26H34N2O4/c1-28-15-3-5-21(25(28)19-7-11-22(30-2)12-8-19)17-27-26(29)20-9-13-23(14-10-20)32-18-24-6-4-16-31-24/h7-14,21,24-25H,3-6,15-18H2,1-2H3,(H,27,29). The van der Waals surface area contributed by atoms with Gasteiger partial charge in [0.2, 0.25) is 0 Å². The number of carbonyl (C=O) groups excluding carboxylic acids is 1. The van der Waals surface area contributed by atoms with Crippen molar-refractivity contribution in [3.8, 4) is 11.5 Å². The molecule has 2 aromatic rings. The van der Waals surface area contributed by atoms with Gasteiger partial charge in [-0.3, -0.25) is 9.69 Å². The van der Waals surface area contributed by atoms with Crippen LogP contribution in [0.2, 0.25) is 0 Å². The third-order valence-corrected chi connectivity index (χ3v) is 6.57. The van der Waals surface area contributed by atoms with Crippen LogP contribution in [0.3, 0.4) is 0 Å². The fourth-order valence-corrected chi connectivity index (χ4v) is 4.79. The van der Waals surface area contributed by atoms with Crippen molar-refractivity contribution in [1.82, 2.24) is 10.2 Å². The predicted octanol–water partition coefficient (Wildman–Crippen LogP) is 4.07. The zero-order chi connectivity index (χ0) is 22.3. The normalized spacial score (nSPS) is 23.6. The second-order valence-corrected chi connectivity index (χ2v) is 8.78. The zero-order valence-corrected chi connectivity index (χ0v) is 19.1. The maximum Gasteiger partial charge on any atom is 0.251 e. The first-order valence-corrected chi connectivity index (χ1v) is 11.6. The van der Waals surface area contributed by atoms with Crippen LogP contribution >= 0.6 is 0 Å². The van der Waals surface area contributed by atoms with Crippen LogP contribution in [0.25, 0.3) is 0 Å². The van der Waals surface area contributed by atoms with Gasteiger partial charge in [0.05, 0.1) is 13.2 Å². The second kappa shape index (κ2) is 10.8. The number of likely N-dealkylation sites (tertiary alicyclic amines) is 1.